The Balaban J connectivity index is 2.30. The number of carbonyl (C=O) groups excluding carboxylic acids is 2. The first-order chi connectivity index (χ1) is 6.20. The van der Waals surface area contributed by atoms with Crippen molar-refractivity contribution in [3.8, 4) is 0 Å². The van der Waals surface area contributed by atoms with Crippen LogP contribution < -0.4 is 5.32 Å². The number of Topliss-reactive ketones (excluding diaryl/α,β-unsaturated/α-hetero) is 1. The number of fused-ring (bicyclic) bond motifs is 1. The van der Waals surface area contributed by atoms with Crippen LogP contribution in [-0.4, -0.2) is 32.0 Å². The van der Waals surface area contributed by atoms with E-state index in [0.717, 1.165) is 0 Å². The van der Waals surface area contributed by atoms with E-state index in [1.165, 1.54) is 7.11 Å². The average Bonchev–Trinajstić information content (AvgIpc) is 2.67. The summed E-state index contributed by atoms with van der Waals surface area (Å²) in [5.41, 5.74) is -0.536. The van der Waals surface area contributed by atoms with E-state index in [0.29, 0.717) is 25.9 Å². The molecule has 13 heavy (non-hydrogen) atoms. The van der Waals surface area contributed by atoms with Gasteiger partial charge in [-0.2, -0.15) is 0 Å². The third-order valence-corrected chi connectivity index (χ3v) is 3.25. The highest BCUT2D eigenvalue weighted by Crippen LogP contribution is 2.44. The number of ketones is 1. The zero-order valence-corrected chi connectivity index (χ0v) is 7.63. The minimum atomic E-state index is -0.536. The van der Waals surface area contributed by atoms with Gasteiger partial charge >= 0.3 is 5.97 Å². The molecule has 1 N–H and O–H groups in total. The molecule has 0 amide bonds. The minimum absolute atomic E-state index is 0.139. The lowest BCUT2D eigenvalue weighted by atomic mass is 9.80. The zero-order valence-electron chi connectivity index (χ0n) is 7.63. The van der Waals surface area contributed by atoms with Crippen molar-refractivity contribution in [3.05, 3.63) is 0 Å². The lowest BCUT2D eigenvalue weighted by Crippen LogP contribution is -2.37. The average molecular weight is 183 g/mol. The Morgan fingerprint density at radius 2 is 2.46 bits per heavy atom. The van der Waals surface area contributed by atoms with Gasteiger partial charge in [-0.3, -0.25) is 9.59 Å². The molecule has 2 unspecified atom stereocenters. The molecule has 1 heterocycles. The second kappa shape index (κ2) is 2.80. The Hall–Kier alpha value is -0.900. The number of carbonyl (C=O) groups is 2. The summed E-state index contributed by atoms with van der Waals surface area (Å²) in [6.07, 6.45) is 1.18. The number of hydrogen-bond acceptors (Lipinski definition) is 4. The summed E-state index contributed by atoms with van der Waals surface area (Å²) in [6, 6.07) is 0. The second-order valence-electron chi connectivity index (χ2n) is 3.80. The van der Waals surface area contributed by atoms with Crippen molar-refractivity contribution in [1.29, 1.82) is 0 Å². The van der Waals surface area contributed by atoms with Gasteiger partial charge in [0, 0.05) is 25.4 Å². The predicted octanol–water partition coefficient (Wildman–Crippen LogP) is -0.272. The van der Waals surface area contributed by atoms with Crippen LogP contribution in [0.1, 0.15) is 12.8 Å². The first-order valence-electron chi connectivity index (χ1n) is 4.52. The lowest BCUT2D eigenvalue weighted by molar-refractivity contribution is -0.154. The molecule has 1 saturated heterocycles. The highest BCUT2D eigenvalue weighted by Gasteiger charge is 2.56. The standard InChI is InChI=1S/C9H13NO3/c1-13-8(12)9-3-2-7(11)6(9)4-10-5-9/h6,10H,2-5H2,1H3. The van der Waals surface area contributed by atoms with Crippen LogP contribution in [0.3, 0.4) is 0 Å². The van der Waals surface area contributed by atoms with Gasteiger partial charge in [-0.25, -0.2) is 0 Å². The molecule has 1 aliphatic heterocycles. The van der Waals surface area contributed by atoms with E-state index >= 15 is 0 Å². The number of esters is 1. The van der Waals surface area contributed by atoms with Gasteiger partial charge in [0.1, 0.15) is 5.78 Å². The first-order valence-corrected chi connectivity index (χ1v) is 4.52. The maximum absolute atomic E-state index is 11.5. The van der Waals surface area contributed by atoms with Crippen LogP contribution >= 0.6 is 0 Å². The molecule has 2 aliphatic rings. The van der Waals surface area contributed by atoms with Crippen molar-refractivity contribution in [3.63, 3.8) is 0 Å². The summed E-state index contributed by atoms with van der Waals surface area (Å²) in [4.78, 5) is 23.0. The van der Waals surface area contributed by atoms with Crippen LogP contribution in [-0.2, 0) is 14.3 Å². The largest absolute Gasteiger partial charge is 0.469 e. The van der Waals surface area contributed by atoms with E-state index in [-0.39, 0.29) is 17.7 Å². The third-order valence-electron chi connectivity index (χ3n) is 3.25. The molecule has 72 valence electrons. The summed E-state index contributed by atoms with van der Waals surface area (Å²) in [7, 11) is 1.38. The van der Waals surface area contributed by atoms with Gasteiger partial charge in [0.25, 0.3) is 0 Å². The number of hydrogen-bond donors (Lipinski definition) is 1. The molecule has 0 aromatic carbocycles. The smallest absolute Gasteiger partial charge is 0.313 e. The monoisotopic (exact) mass is 183 g/mol. The number of ether oxygens (including phenoxy) is 1. The Morgan fingerprint density at radius 1 is 1.69 bits per heavy atom. The molecule has 0 bridgehead atoms. The van der Waals surface area contributed by atoms with Crippen molar-refractivity contribution in [2.24, 2.45) is 11.3 Å². The Labute approximate surface area is 76.6 Å². The molecule has 2 fully saturated rings. The van der Waals surface area contributed by atoms with Crippen LogP contribution in [0.25, 0.3) is 0 Å². The van der Waals surface area contributed by atoms with Gasteiger partial charge in [-0.1, -0.05) is 0 Å². The molecule has 0 spiro atoms. The van der Waals surface area contributed by atoms with Crippen LogP contribution in [0.4, 0.5) is 0 Å². The Kier molecular flexibility index (Phi) is 1.87. The SMILES string of the molecule is COC(=O)C12CCC(=O)C1CNC2. The second-order valence-corrected chi connectivity index (χ2v) is 3.80. The van der Waals surface area contributed by atoms with E-state index in [1.54, 1.807) is 0 Å². The zero-order chi connectivity index (χ0) is 9.47. The predicted molar refractivity (Wildman–Crippen MR) is 45.0 cm³/mol. The summed E-state index contributed by atoms with van der Waals surface area (Å²) >= 11 is 0. The van der Waals surface area contributed by atoms with Crippen molar-refractivity contribution < 1.29 is 14.3 Å². The molecule has 0 aromatic heterocycles. The summed E-state index contributed by atoms with van der Waals surface area (Å²) in [6.45, 7) is 1.23. The Bertz CT molecular complexity index is 264. The molecular formula is C9H13NO3. The van der Waals surface area contributed by atoms with Gasteiger partial charge in [0.2, 0.25) is 0 Å². The minimum Gasteiger partial charge on any atom is -0.469 e. The summed E-state index contributed by atoms with van der Waals surface area (Å²) in [5.74, 6) is -0.163. The van der Waals surface area contributed by atoms with Crippen LogP contribution in [0.5, 0.6) is 0 Å². The maximum atomic E-state index is 11.5. The first kappa shape index (κ1) is 8.69. The topological polar surface area (TPSA) is 55.4 Å². The van der Waals surface area contributed by atoms with E-state index in [1.807, 2.05) is 0 Å². The van der Waals surface area contributed by atoms with Crippen LogP contribution in [0.2, 0.25) is 0 Å². The molecular weight excluding hydrogens is 170 g/mol. The fraction of sp³-hybridized carbons (Fsp3) is 0.778. The van der Waals surface area contributed by atoms with Crippen molar-refractivity contribution in [1.82, 2.24) is 5.32 Å². The fourth-order valence-corrected chi connectivity index (χ4v) is 2.48. The van der Waals surface area contributed by atoms with Crippen LogP contribution in [0, 0.1) is 11.3 Å². The van der Waals surface area contributed by atoms with Gasteiger partial charge < -0.3 is 10.1 Å². The van der Waals surface area contributed by atoms with Crippen molar-refractivity contribution >= 4 is 11.8 Å². The van der Waals surface area contributed by atoms with E-state index < -0.39 is 5.41 Å². The molecule has 2 atom stereocenters. The summed E-state index contributed by atoms with van der Waals surface area (Å²) in [5, 5.41) is 3.09. The Morgan fingerprint density at radius 3 is 3.15 bits per heavy atom. The summed E-state index contributed by atoms with van der Waals surface area (Å²) < 4.78 is 4.76. The van der Waals surface area contributed by atoms with E-state index in [2.05, 4.69) is 5.32 Å². The maximum Gasteiger partial charge on any atom is 0.313 e. The third kappa shape index (κ3) is 1.01. The van der Waals surface area contributed by atoms with E-state index in [9.17, 15) is 9.59 Å². The molecule has 4 nitrogen and oxygen atoms in total. The molecule has 0 aromatic rings. The normalized spacial score (nSPS) is 37.6. The lowest BCUT2D eigenvalue weighted by Gasteiger charge is -2.23. The number of rotatable bonds is 1. The van der Waals surface area contributed by atoms with Gasteiger partial charge in [0.15, 0.2) is 0 Å². The molecule has 1 aliphatic carbocycles. The van der Waals surface area contributed by atoms with Gasteiger partial charge in [-0.05, 0) is 6.42 Å². The molecule has 0 radical (unpaired) electrons. The molecule has 4 heteroatoms. The van der Waals surface area contributed by atoms with E-state index in [4.69, 9.17) is 4.74 Å². The fourth-order valence-electron chi connectivity index (χ4n) is 2.48. The van der Waals surface area contributed by atoms with Gasteiger partial charge in [-0.15, -0.1) is 0 Å². The number of methoxy groups -OCH3 is 1. The van der Waals surface area contributed by atoms with Crippen molar-refractivity contribution in [2.75, 3.05) is 20.2 Å². The number of nitrogens with one attached hydrogen (secondary N) is 1. The highest BCUT2D eigenvalue weighted by atomic mass is 16.5. The molecule has 1 saturated carbocycles. The van der Waals surface area contributed by atoms with Crippen LogP contribution in [0.15, 0.2) is 0 Å². The quantitative estimate of drug-likeness (QED) is 0.568. The van der Waals surface area contributed by atoms with Crippen molar-refractivity contribution in [2.45, 2.75) is 12.8 Å². The molecule has 2 rings (SSSR count). The highest BCUT2D eigenvalue weighted by molar-refractivity contribution is 5.93. The van der Waals surface area contributed by atoms with Gasteiger partial charge in [0.05, 0.1) is 12.5 Å².